The van der Waals surface area contributed by atoms with E-state index in [2.05, 4.69) is 25.2 Å². The first-order valence-corrected chi connectivity index (χ1v) is 8.10. The summed E-state index contributed by atoms with van der Waals surface area (Å²) in [6.07, 6.45) is 4.47. The largest absolute Gasteiger partial charge is 0.360 e. The van der Waals surface area contributed by atoms with Crippen molar-refractivity contribution in [3.8, 4) is 0 Å². The Bertz CT molecular complexity index is 844. The summed E-state index contributed by atoms with van der Waals surface area (Å²) >= 11 is 0. The van der Waals surface area contributed by atoms with E-state index in [1.165, 1.54) is 18.8 Å². The number of halogens is 1. The molecule has 0 saturated carbocycles. The fourth-order valence-electron chi connectivity index (χ4n) is 2.94. The van der Waals surface area contributed by atoms with Crippen LogP contribution in [0.15, 0.2) is 48.9 Å². The minimum Gasteiger partial charge on any atom is -0.360 e. The molecule has 1 aliphatic rings. The predicted molar refractivity (Wildman–Crippen MR) is 91.2 cm³/mol. The molecule has 1 atom stereocenters. The molecule has 24 heavy (non-hydrogen) atoms. The number of fused-ring (bicyclic) bond motifs is 1. The SMILES string of the molecule is Fc1cccc([C@@H](CN2CCC2)Nc2ncnc3cccnc23)c1. The number of rotatable bonds is 5. The summed E-state index contributed by atoms with van der Waals surface area (Å²) in [6.45, 7) is 2.97. The molecule has 5 nitrogen and oxygen atoms in total. The van der Waals surface area contributed by atoms with Gasteiger partial charge in [-0.1, -0.05) is 12.1 Å². The number of likely N-dealkylation sites (tertiary alicyclic amines) is 1. The Morgan fingerprint density at radius 3 is 2.83 bits per heavy atom. The van der Waals surface area contributed by atoms with E-state index in [0.29, 0.717) is 5.82 Å². The molecule has 1 aliphatic heterocycles. The van der Waals surface area contributed by atoms with Crippen molar-refractivity contribution >= 4 is 16.9 Å². The molecule has 1 aromatic carbocycles. The maximum absolute atomic E-state index is 13.7. The second-order valence-corrected chi connectivity index (χ2v) is 6.00. The van der Waals surface area contributed by atoms with Gasteiger partial charge in [-0.05, 0) is 49.3 Å². The van der Waals surface area contributed by atoms with E-state index in [1.54, 1.807) is 18.3 Å². The normalized spacial score (nSPS) is 15.9. The van der Waals surface area contributed by atoms with Crippen molar-refractivity contribution in [1.82, 2.24) is 19.9 Å². The number of hydrogen-bond acceptors (Lipinski definition) is 5. The smallest absolute Gasteiger partial charge is 0.156 e. The van der Waals surface area contributed by atoms with E-state index < -0.39 is 0 Å². The van der Waals surface area contributed by atoms with E-state index in [0.717, 1.165) is 36.2 Å². The summed E-state index contributed by atoms with van der Waals surface area (Å²) in [4.78, 5) is 15.3. The zero-order chi connectivity index (χ0) is 16.4. The Kier molecular flexibility index (Phi) is 4.04. The third-order valence-corrected chi connectivity index (χ3v) is 4.35. The topological polar surface area (TPSA) is 53.9 Å². The second kappa shape index (κ2) is 6.49. The fourth-order valence-corrected chi connectivity index (χ4v) is 2.94. The van der Waals surface area contributed by atoms with Crippen molar-refractivity contribution in [3.05, 3.63) is 60.3 Å². The van der Waals surface area contributed by atoms with Crippen LogP contribution in [0.2, 0.25) is 0 Å². The lowest BCUT2D eigenvalue weighted by atomic mass is 10.0. The zero-order valence-corrected chi connectivity index (χ0v) is 13.2. The highest BCUT2D eigenvalue weighted by atomic mass is 19.1. The molecule has 122 valence electrons. The Labute approximate surface area is 139 Å². The maximum atomic E-state index is 13.7. The first-order valence-electron chi connectivity index (χ1n) is 8.10. The van der Waals surface area contributed by atoms with Crippen LogP contribution in [0.5, 0.6) is 0 Å². The first kappa shape index (κ1) is 15.0. The molecule has 2 aromatic heterocycles. The van der Waals surface area contributed by atoms with Crippen LogP contribution in [0.3, 0.4) is 0 Å². The van der Waals surface area contributed by atoms with Gasteiger partial charge < -0.3 is 10.2 Å². The van der Waals surface area contributed by atoms with Crippen LogP contribution >= 0.6 is 0 Å². The lowest BCUT2D eigenvalue weighted by molar-refractivity contribution is 0.174. The van der Waals surface area contributed by atoms with E-state index in [4.69, 9.17) is 0 Å². The predicted octanol–water partition coefficient (Wildman–Crippen LogP) is 3.02. The highest BCUT2D eigenvalue weighted by molar-refractivity contribution is 5.84. The first-order chi connectivity index (χ1) is 11.8. The summed E-state index contributed by atoms with van der Waals surface area (Å²) in [5, 5.41) is 3.44. The quantitative estimate of drug-likeness (QED) is 0.782. The Morgan fingerprint density at radius 1 is 1.12 bits per heavy atom. The van der Waals surface area contributed by atoms with Gasteiger partial charge in [0, 0.05) is 12.7 Å². The van der Waals surface area contributed by atoms with Crippen molar-refractivity contribution < 1.29 is 4.39 Å². The van der Waals surface area contributed by atoms with Gasteiger partial charge in [0.15, 0.2) is 5.82 Å². The summed E-state index contributed by atoms with van der Waals surface area (Å²) in [5.41, 5.74) is 2.42. The third kappa shape index (κ3) is 3.05. The molecule has 0 aliphatic carbocycles. The lowest BCUT2D eigenvalue weighted by Gasteiger charge is -2.34. The van der Waals surface area contributed by atoms with Crippen molar-refractivity contribution in [2.24, 2.45) is 0 Å². The number of pyridine rings is 1. The van der Waals surface area contributed by atoms with Crippen molar-refractivity contribution in [2.75, 3.05) is 25.0 Å². The molecular formula is C18H18FN5. The Hall–Kier alpha value is -2.60. The van der Waals surface area contributed by atoms with E-state index >= 15 is 0 Å². The molecule has 1 N–H and O–H groups in total. The van der Waals surface area contributed by atoms with Gasteiger partial charge in [0.25, 0.3) is 0 Å². The molecular weight excluding hydrogens is 305 g/mol. The minimum absolute atomic E-state index is 0.0545. The van der Waals surface area contributed by atoms with E-state index in [9.17, 15) is 4.39 Å². The monoisotopic (exact) mass is 323 g/mol. The van der Waals surface area contributed by atoms with Gasteiger partial charge in [-0.2, -0.15) is 0 Å². The van der Waals surface area contributed by atoms with Crippen LogP contribution in [-0.2, 0) is 0 Å². The molecule has 0 unspecified atom stereocenters. The third-order valence-electron chi connectivity index (χ3n) is 4.35. The average Bonchev–Trinajstić information content (AvgIpc) is 2.57. The van der Waals surface area contributed by atoms with Gasteiger partial charge in [-0.25, -0.2) is 14.4 Å². The number of aromatic nitrogens is 3. The van der Waals surface area contributed by atoms with Gasteiger partial charge in [-0.15, -0.1) is 0 Å². The fraction of sp³-hybridized carbons (Fsp3) is 0.278. The number of hydrogen-bond donors (Lipinski definition) is 1. The summed E-state index contributed by atoms with van der Waals surface area (Å²) in [7, 11) is 0. The number of nitrogens with one attached hydrogen (secondary N) is 1. The van der Waals surface area contributed by atoms with Gasteiger partial charge in [0.1, 0.15) is 17.7 Å². The standard InChI is InChI=1S/C18H18FN5/c19-14-5-1-4-13(10-14)16(11-24-8-3-9-24)23-18-17-15(21-12-22-18)6-2-7-20-17/h1-2,4-7,10,12,16H,3,8-9,11H2,(H,21,22,23)/t16-/m1/s1. The lowest BCUT2D eigenvalue weighted by Crippen LogP contribution is -2.41. The Morgan fingerprint density at radius 2 is 2.04 bits per heavy atom. The highest BCUT2D eigenvalue weighted by Crippen LogP contribution is 2.25. The molecule has 0 radical (unpaired) electrons. The molecule has 0 spiro atoms. The summed E-state index contributed by atoms with van der Waals surface area (Å²) < 4.78 is 13.7. The van der Waals surface area contributed by atoms with E-state index in [-0.39, 0.29) is 11.9 Å². The van der Waals surface area contributed by atoms with Gasteiger partial charge in [-0.3, -0.25) is 4.98 Å². The van der Waals surface area contributed by atoms with Gasteiger partial charge >= 0.3 is 0 Å². The molecule has 4 rings (SSSR count). The van der Waals surface area contributed by atoms with Crippen molar-refractivity contribution in [2.45, 2.75) is 12.5 Å². The van der Waals surface area contributed by atoms with Crippen LogP contribution < -0.4 is 5.32 Å². The van der Waals surface area contributed by atoms with Crippen LogP contribution in [-0.4, -0.2) is 39.5 Å². The summed E-state index contributed by atoms with van der Waals surface area (Å²) in [5.74, 6) is 0.448. The number of nitrogens with zero attached hydrogens (tertiary/aromatic N) is 4. The van der Waals surface area contributed by atoms with E-state index in [1.807, 2.05) is 18.2 Å². The molecule has 3 aromatic rings. The molecule has 1 fully saturated rings. The summed E-state index contributed by atoms with van der Waals surface area (Å²) in [6, 6.07) is 10.4. The minimum atomic E-state index is -0.228. The average molecular weight is 323 g/mol. The van der Waals surface area contributed by atoms with Gasteiger partial charge in [0.2, 0.25) is 0 Å². The van der Waals surface area contributed by atoms with Crippen LogP contribution in [0.1, 0.15) is 18.0 Å². The van der Waals surface area contributed by atoms with Crippen LogP contribution in [0.25, 0.3) is 11.0 Å². The van der Waals surface area contributed by atoms with Crippen LogP contribution in [0, 0.1) is 5.82 Å². The van der Waals surface area contributed by atoms with Crippen molar-refractivity contribution in [3.63, 3.8) is 0 Å². The number of anilines is 1. The maximum Gasteiger partial charge on any atom is 0.156 e. The molecule has 6 heteroatoms. The molecule has 0 bridgehead atoms. The highest BCUT2D eigenvalue weighted by Gasteiger charge is 2.22. The van der Waals surface area contributed by atoms with Crippen LogP contribution in [0.4, 0.5) is 10.2 Å². The molecule has 0 amide bonds. The second-order valence-electron chi connectivity index (χ2n) is 6.00. The zero-order valence-electron chi connectivity index (χ0n) is 13.2. The Balaban J connectivity index is 1.67. The number of benzene rings is 1. The van der Waals surface area contributed by atoms with Gasteiger partial charge in [0.05, 0.1) is 11.6 Å². The molecule has 3 heterocycles. The molecule has 1 saturated heterocycles. The van der Waals surface area contributed by atoms with Crippen molar-refractivity contribution in [1.29, 1.82) is 0 Å².